The highest BCUT2D eigenvalue weighted by atomic mass is 16.6. The second-order valence-electron chi connectivity index (χ2n) is 8.69. The first kappa shape index (κ1) is 21.5. The van der Waals surface area contributed by atoms with E-state index in [1.165, 1.54) is 0 Å². The molecule has 2 amide bonds. The Hall–Kier alpha value is -3.21. The molecule has 2 N–H and O–H groups in total. The summed E-state index contributed by atoms with van der Waals surface area (Å²) in [4.78, 5) is 26.5. The van der Waals surface area contributed by atoms with E-state index in [1.807, 2.05) is 35.9 Å². The fourth-order valence-electron chi connectivity index (χ4n) is 3.81. The van der Waals surface area contributed by atoms with Gasteiger partial charge in [-0.2, -0.15) is 5.26 Å². The molecule has 2 aromatic rings. The molecule has 30 heavy (non-hydrogen) atoms. The third-order valence-electron chi connectivity index (χ3n) is 5.15. The van der Waals surface area contributed by atoms with Gasteiger partial charge in [0.25, 0.3) is 0 Å². The lowest BCUT2D eigenvalue weighted by Crippen LogP contribution is -2.49. The van der Waals surface area contributed by atoms with Crippen LogP contribution in [0.3, 0.4) is 0 Å². The molecule has 0 bridgehead atoms. The van der Waals surface area contributed by atoms with Crippen molar-refractivity contribution in [3.8, 4) is 6.07 Å². The Morgan fingerprint density at radius 3 is 2.67 bits per heavy atom. The van der Waals surface area contributed by atoms with Crippen molar-refractivity contribution in [3.63, 3.8) is 0 Å². The number of rotatable bonds is 4. The Kier molecular flexibility index (Phi) is 5.92. The minimum Gasteiger partial charge on any atom is -0.444 e. The number of anilines is 1. The molecule has 160 valence electrons. The monoisotopic (exact) mass is 411 g/mol. The van der Waals surface area contributed by atoms with E-state index in [1.54, 1.807) is 27.7 Å². The number of carbonyl (C=O) groups excluding carboxylic acids is 2. The lowest BCUT2D eigenvalue weighted by Gasteiger charge is -2.23. The third-order valence-corrected chi connectivity index (χ3v) is 5.15. The van der Waals surface area contributed by atoms with Gasteiger partial charge < -0.3 is 24.8 Å². The van der Waals surface area contributed by atoms with E-state index in [4.69, 9.17) is 4.74 Å². The minimum atomic E-state index is -0.707. The molecule has 1 aliphatic rings. The van der Waals surface area contributed by atoms with Crippen LogP contribution in [0, 0.1) is 11.3 Å². The number of para-hydroxylation sites is 1. The van der Waals surface area contributed by atoms with Crippen LogP contribution in [0.15, 0.2) is 24.3 Å². The molecule has 0 radical (unpaired) electrons. The van der Waals surface area contributed by atoms with E-state index in [0.29, 0.717) is 12.1 Å². The fraction of sp³-hybridized carbons (Fsp3) is 0.500. The van der Waals surface area contributed by atoms with Gasteiger partial charge in [0.05, 0.1) is 5.52 Å². The fourth-order valence-corrected chi connectivity index (χ4v) is 3.81. The standard InChI is InChI=1S/C22H29N5O3/c1-14(24-21(29)30-22(2,3)4)19(28)25-15-10-11-27(13-15)20-17(12-23)16-8-6-7-9-18(16)26(20)5/h6-9,14-15H,10-11,13H2,1-5H3,(H,24,29)(H,25,28). The van der Waals surface area contributed by atoms with Crippen molar-refractivity contribution in [1.29, 1.82) is 5.26 Å². The van der Waals surface area contributed by atoms with Crippen LogP contribution in [0.5, 0.6) is 0 Å². The van der Waals surface area contributed by atoms with Gasteiger partial charge in [0.15, 0.2) is 0 Å². The largest absolute Gasteiger partial charge is 0.444 e. The van der Waals surface area contributed by atoms with Crippen LogP contribution < -0.4 is 15.5 Å². The molecule has 2 atom stereocenters. The smallest absolute Gasteiger partial charge is 0.408 e. The number of benzene rings is 1. The highest BCUT2D eigenvalue weighted by molar-refractivity contribution is 5.93. The van der Waals surface area contributed by atoms with Crippen LogP contribution in [0.25, 0.3) is 10.9 Å². The van der Waals surface area contributed by atoms with Gasteiger partial charge in [-0.25, -0.2) is 4.79 Å². The van der Waals surface area contributed by atoms with Gasteiger partial charge in [-0.1, -0.05) is 18.2 Å². The van der Waals surface area contributed by atoms with Crippen LogP contribution in [-0.4, -0.2) is 47.3 Å². The Morgan fingerprint density at radius 2 is 2.00 bits per heavy atom. The highest BCUT2D eigenvalue weighted by Gasteiger charge is 2.30. The van der Waals surface area contributed by atoms with Crippen molar-refractivity contribution in [1.82, 2.24) is 15.2 Å². The maximum absolute atomic E-state index is 12.5. The number of alkyl carbamates (subject to hydrolysis) is 1. The van der Waals surface area contributed by atoms with Crippen molar-refractivity contribution in [2.75, 3.05) is 18.0 Å². The van der Waals surface area contributed by atoms with Crippen LogP contribution in [0.2, 0.25) is 0 Å². The number of aromatic nitrogens is 1. The molecule has 1 saturated heterocycles. The number of carbonyl (C=O) groups is 2. The van der Waals surface area contributed by atoms with Gasteiger partial charge >= 0.3 is 6.09 Å². The van der Waals surface area contributed by atoms with Gasteiger partial charge in [0.2, 0.25) is 5.91 Å². The predicted molar refractivity (Wildman–Crippen MR) is 115 cm³/mol. The van der Waals surface area contributed by atoms with Crippen LogP contribution >= 0.6 is 0 Å². The van der Waals surface area contributed by atoms with Crippen molar-refractivity contribution < 1.29 is 14.3 Å². The van der Waals surface area contributed by atoms with E-state index in [0.717, 1.165) is 29.7 Å². The molecule has 2 heterocycles. The summed E-state index contributed by atoms with van der Waals surface area (Å²) in [7, 11) is 1.96. The summed E-state index contributed by atoms with van der Waals surface area (Å²) in [6.07, 6.45) is 0.143. The average Bonchev–Trinajstić information content (AvgIpc) is 3.22. The molecule has 0 saturated carbocycles. The molecule has 8 nitrogen and oxygen atoms in total. The van der Waals surface area contributed by atoms with E-state index in [2.05, 4.69) is 21.6 Å². The maximum atomic E-state index is 12.5. The summed E-state index contributed by atoms with van der Waals surface area (Å²) >= 11 is 0. The van der Waals surface area contributed by atoms with Crippen LogP contribution in [-0.2, 0) is 16.6 Å². The van der Waals surface area contributed by atoms with E-state index < -0.39 is 17.7 Å². The first-order valence-corrected chi connectivity index (χ1v) is 10.1. The Bertz CT molecular complexity index is 999. The SMILES string of the molecule is CC(NC(=O)OC(C)(C)C)C(=O)NC1CCN(c2c(C#N)c3ccccc3n2C)C1. The zero-order valence-electron chi connectivity index (χ0n) is 18.2. The Balaban J connectivity index is 1.65. The molecule has 1 aromatic heterocycles. The number of ether oxygens (including phenoxy) is 1. The van der Waals surface area contributed by atoms with Gasteiger partial charge in [-0.05, 0) is 40.2 Å². The molecule has 0 spiro atoms. The molecule has 1 aromatic carbocycles. The summed E-state index contributed by atoms with van der Waals surface area (Å²) < 4.78 is 7.23. The number of aryl methyl sites for hydroxylation is 1. The van der Waals surface area contributed by atoms with Crippen LogP contribution in [0.1, 0.15) is 39.7 Å². The van der Waals surface area contributed by atoms with E-state index >= 15 is 0 Å². The normalized spacial score (nSPS) is 17.5. The summed E-state index contributed by atoms with van der Waals surface area (Å²) in [5.74, 6) is 0.612. The quantitative estimate of drug-likeness (QED) is 0.806. The molecular formula is C22H29N5O3. The lowest BCUT2D eigenvalue weighted by atomic mass is 10.2. The zero-order chi connectivity index (χ0) is 22.1. The van der Waals surface area contributed by atoms with Gasteiger partial charge in [0.1, 0.15) is 29.1 Å². The maximum Gasteiger partial charge on any atom is 0.408 e. The van der Waals surface area contributed by atoms with Crippen LogP contribution in [0.4, 0.5) is 10.6 Å². The Labute approximate surface area is 176 Å². The minimum absolute atomic E-state index is 0.0649. The number of hydrogen-bond donors (Lipinski definition) is 2. The van der Waals surface area contributed by atoms with Gasteiger partial charge in [-0.15, -0.1) is 0 Å². The first-order valence-electron chi connectivity index (χ1n) is 10.1. The molecule has 8 heteroatoms. The van der Waals surface area contributed by atoms with E-state index in [9.17, 15) is 14.9 Å². The predicted octanol–water partition coefficient (Wildman–Crippen LogP) is 2.66. The lowest BCUT2D eigenvalue weighted by molar-refractivity contribution is -0.123. The molecule has 1 aliphatic heterocycles. The molecule has 2 unspecified atom stereocenters. The molecule has 0 aliphatic carbocycles. The van der Waals surface area contributed by atoms with Gasteiger partial charge in [-0.3, -0.25) is 4.79 Å². The zero-order valence-corrected chi connectivity index (χ0v) is 18.2. The van der Waals surface area contributed by atoms with Crippen molar-refractivity contribution >= 4 is 28.7 Å². The van der Waals surface area contributed by atoms with Crippen molar-refractivity contribution in [2.24, 2.45) is 7.05 Å². The molecule has 3 rings (SSSR count). The number of nitrogens with one attached hydrogen (secondary N) is 2. The molecular weight excluding hydrogens is 382 g/mol. The summed E-state index contributed by atoms with van der Waals surface area (Å²) in [5, 5.41) is 16.2. The summed E-state index contributed by atoms with van der Waals surface area (Å²) in [5.41, 5.74) is 1.04. The Morgan fingerprint density at radius 1 is 1.30 bits per heavy atom. The molecule has 1 fully saturated rings. The van der Waals surface area contributed by atoms with Gasteiger partial charge in [0, 0.05) is 31.6 Å². The van der Waals surface area contributed by atoms with Crippen molar-refractivity contribution in [2.45, 2.75) is 51.8 Å². The topological polar surface area (TPSA) is 99.4 Å². The third kappa shape index (κ3) is 4.51. The van der Waals surface area contributed by atoms with E-state index in [-0.39, 0.29) is 11.9 Å². The number of amides is 2. The second-order valence-corrected chi connectivity index (χ2v) is 8.69. The second kappa shape index (κ2) is 8.27. The summed E-state index contributed by atoms with van der Waals surface area (Å²) in [6, 6.07) is 9.41. The average molecular weight is 412 g/mol. The number of hydrogen-bond acceptors (Lipinski definition) is 5. The first-order chi connectivity index (χ1) is 14.1. The number of nitriles is 1. The van der Waals surface area contributed by atoms with Crippen molar-refractivity contribution in [3.05, 3.63) is 29.8 Å². The number of nitrogens with zero attached hydrogens (tertiary/aromatic N) is 3. The summed E-state index contributed by atoms with van der Waals surface area (Å²) in [6.45, 7) is 8.28. The highest BCUT2D eigenvalue weighted by Crippen LogP contribution is 2.33. The number of fused-ring (bicyclic) bond motifs is 1.